The summed E-state index contributed by atoms with van der Waals surface area (Å²) in [6, 6.07) is 3.91. The average molecular weight is 283 g/mol. The van der Waals surface area contributed by atoms with E-state index in [-0.39, 0.29) is 6.09 Å². The molecule has 0 radical (unpaired) electrons. The minimum Gasteiger partial charge on any atom is -0.444 e. The predicted molar refractivity (Wildman–Crippen MR) is 74.0 cm³/mol. The zero-order valence-corrected chi connectivity index (χ0v) is 12.3. The Balaban J connectivity index is 2.04. The van der Waals surface area contributed by atoms with Crippen molar-refractivity contribution in [2.75, 3.05) is 0 Å². The second kappa shape index (κ2) is 5.37. The third-order valence-electron chi connectivity index (χ3n) is 2.76. The number of carbonyl (C=O) groups is 1. The van der Waals surface area contributed by atoms with Crippen molar-refractivity contribution in [3.8, 4) is 0 Å². The first-order valence-electron chi connectivity index (χ1n) is 6.45. The molecule has 1 saturated carbocycles. The molecule has 5 heteroatoms. The third kappa shape index (κ3) is 4.39. The molecule has 0 saturated heterocycles. The Bertz CT molecular complexity index is 450. The number of nitrogens with zero attached hydrogens (tertiary/aromatic N) is 2. The van der Waals surface area contributed by atoms with Gasteiger partial charge in [-0.3, -0.25) is 0 Å². The van der Waals surface area contributed by atoms with E-state index in [0.717, 1.165) is 18.4 Å². The third-order valence-corrected chi connectivity index (χ3v) is 2.98. The molecule has 1 aromatic rings. The van der Waals surface area contributed by atoms with Crippen LogP contribution in [0.4, 0.5) is 4.79 Å². The van der Waals surface area contributed by atoms with Crippen molar-refractivity contribution in [2.45, 2.75) is 51.8 Å². The van der Waals surface area contributed by atoms with Gasteiger partial charge >= 0.3 is 6.09 Å². The normalized spacial score (nSPS) is 15.2. The minimum atomic E-state index is -0.470. The molecular weight excluding hydrogens is 264 g/mol. The van der Waals surface area contributed by atoms with E-state index in [9.17, 15) is 4.79 Å². The van der Waals surface area contributed by atoms with Gasteiger partial charge in [0.25, 0.3) is 0 Å². The van der Waals surface area contributed by atoms with Crippen LogP contribution in [0.25, 0.3) is 0 Å². The summed E-state index contributed by atoms with van der Waals surface area (Å²) in [5.41, 5.74) is 0.491. The first-order valence-corrected chi connectivity index (χ1v) is 6.83. The Kier molecular flexibility index (Phi) is 3.99. The highest BCUT2D eigenvalue weighted by atomic mass is 35.5. The SMILES string of the molecule is CC(C)(C)OC(=O)N(Cc1ccc(Cl)nc1)C1CC1. The fraction of sp³-hybridized carbons (Fsp3) is 0.571. The number of amides is 1. The van der Waals surface area contributed by atoms with E-state index in [1.54, 1.807) is 17.2 Å². The number of halogens is 1. The lowest BCUT2D eigenvalue weighted by Gasteiger charge is -2.27. The Morgan fingerprint density at radius 1 is 1.47 bits per heavy atom. The Morgan fingerprint density at radius 2 is 2.16 bits per heavy atom. The number of hydrogen-bond donors (Lipinski definition) is 0. The van der Waals surface area contributed by atoms with Crippen LogP contribution in [0.1, 0.15) is 39.2 Å². The molecule has 0 N–H and O–H groups in total. The molecular formula is C14H19ClN2O2. The molecule has 1 aromatic heterocycles. The number of rotatable bonds is 3. The lowest BCUT2D eigenvalue weighted by atomic mass is 10.2. The van der Waals surface area contributed by atoms with E-state index in [4.69, 9.17) is 16.3 Å². The van der Waals surface area contributed by atoms with Gasteiger partial charge in [-0.05, 0) is 45.2 Å². The monoisotopic (exact) mass is 282 g/mol. The topological polar surface area (TPSA) is 42.4 Å². The van der Waals surface area contributed by atoms with Gasteiger partial charge in [-0.15, -0.1) is 0 Å². The molecule has 0 spiro atoms. The Morgan fingerprint density at radius 3 is 2.63 bits per heavy atom. The first-order chi connectivity index (χ1) is 8.85. The fourth-order valence-corrected chi connectivity index (χ4v) is 1.86. The van der Waals surface area contributed by atoms with Crippen molar-refractivity contribution in [3.05, 3.63) is 29.0 Å². The van der Waals surface area contributed by atoms with Gasteiger partial charge in [0.15, 0.2) is 0 Å². The maximum Gasteiger partial charge on any atom is 0.410 e. The highest BCUT2D eigenvalue weighted by Crippen LogP contribution is 2.29. The molecule has 0 bridgehead atoms. The summed E-state index contributed by atoms with van der Waals surface area (Å²) < 4.78 is 5.44. The molecule has 1 heterocycles. The van der Waals surface area contributed by atoms with Gasteiger partial charge in [0.1, 0.15) is 10.8 Å². The van der Waals surface area contributed by atoms with Crippen LogP contribution in [0.15, 0.2) is 18.3 Å². The lowest BCUT2D eigenvalue weighted by molar-refractivity contribution is 0.0216. The highest BCUT2D eigenvalue weighted by Gasteiger charge is 2.35. The van der Waals surface area contributed by atoms with Crippen molar-refractivity contribution < 1.29 is 9.53 Å². The van der Waals surface area contributed by atoms with Crippen LogP contribution in [-0.4, -0.2) is 27.6 Å². The lowest BCUT2D eigenvalue weighted by Crippen LogP contribution is -2.37. The van der Waals surface area contributed by atoms with Crippen LogP contribution in [0.2, 0.25) is 5.15 Å². The summed E-state index contributed by atoms with van der Waals surface area (Å²) in [7, 11) is 0. The zero-order valence-electron chi connectivity index (χ0n) is 11.5. The standard InChI is InChI=1S/C14H19ClN2O2/c1-14(2,3)19-13(18)17(11-5-6-11)9-10-4-7-12(15)16-8-10/h4,7-8,11H,5-6,9H2,1-3H3. The van der Waals surface area contributed by atoms with Crippen LogP contribution in [0.3, 0.4) is 0 Å². The summed E-state index contributed by atoms with van der Waals surface area (Å²) in [5.74, 6) is 0. The number of carbonyl (C=O) groups excluding carboxylic acids is 1. The minimum absolute atomic E-state index is 0.259. The smallest absolute Gasteiger partial charge is 0.410 e. The first kappa shape index (κ1) is 14.1. The van der Waals surface area contributed by atoms with E-state index < -0.39 is 5.60 Å². The van der Waals surface area contributed by atoms with Crippen molar-refractivity contribution in [3.63, 3.8) is 0 Å². The van der Waals surface area contributed by atoms with Crippen LogP contribution in [0, 0.1) is 0 Å². The van der Waals surface area contributed by atoms with Crippen LogP contribution >= 0.6 is 11.6 Å². The molecule has 0 unspecified atom stereocenters. The largest absolute Gasteiger partial charge is 0.444 e. The van der Waals surface area contributed by atoms with E-state index >= 15 is 0 Å². The van der Waals surface area contributed by atoms with Crippen molar-refractivity contribution >= 4 is 17.7 Å². The zero-order chi connectivity index (χ0) is 14.0. The molecule has 4 nitrogen and oxygen atoms in total. The maximum atomic E-state index is 12.2. The van der Waals surface area contributed by atoms with Crippen LogP contribution in [0.5, 0.6) is 0 Å². The summed E-state index contributed by atoms with van der Waals surface area (Å²) in [5, 5.41) is 0.457. The van der Waals surface area contributed by atoms with E-state index in [2.05, 4.69) is 4.98 Å². The second-order valence-corrected chi connectivity index (χ2v) is 6.22. The van der Waals surface area contributed by atoms with Gasteiger partial charge in [0.2, 0.25) is 0 Å². The second-order valence-electron chi connectivity index (χ2n) is 5.83. The number of pyridine rings is 1. The van der Waals surface area contributed by atoms with Crippen LogP contribution < -0.4 is 0 Å². The van der Waals surface area contributed by atoms with Crippen molar-refractivity contribution in [1.29, 1.82) is 0 Å². The Labute approximate surface area is 118 Å². The average Bonchev–Trinajstić information content (AvgIpc) is 3.09. The summed E-state index contributed by atoms with van der Waals surface area (Å²) in [4.78, 5) is 18.0. The van der Waals surface area contributed by atoms with Gasteiger partial charge in [-0.2, -0.15) is 0 Å². The molecule has 0 aliphatic heterocycles. The van der Waals surface area contributed by atoms with E-state index in [1.807, 2.05) is 26.8 Å². The number of ether oxygens (including phenoxy) is 1. The van der Waals surface area contributed by atoms with Gasteiger partial charge in [-0.1, -0.05) is 17.7 Å². The molecule has 2 rings (SSSR count). The summed E-state index contributed by atoms with van der Waals surface area (Å²) in [6.45, 7) is 6.14. The fourth-order valence-electron chi connectivity index (χ4n) is 1.75. The van der Waals surface area contributed by atoms with Crippen molar-refractivity contribution in [2.24, 2.45) is 0 Å². The quantitative estimate of drug-likeness (QED) is 0.795. The number of hydrogen-bond acceptors (Lipinski definition) is 3. The molecule has 1 aliphatic rings. The summed E-state index contributed by atoms with van der Waals surface area (Å²) in [6.07, 6.45) is 3.52. The molecule has 0 aromatic carbocycles. The van der Waals surface area contributed by atoms with Gasteiger partial charge in [0.05, 0.1) is 6.54 Å². The Hall–Kier alpha value is -1.29. The molecule has 1 aliphatic carbocycles. The maximum absolute atomic E-state index is 12.2. The van der Waals surface area contributed by atoms with E-state index in [1.165, 1.54) is 0 Å². The van der Waals surface area contributed by atoms with E-state index in [0.29, 0.717) is 17.7 Å². The molecule has 1 amide bonds. The summed E-state index contributed by atoms with van der Waals surface area (Å²) >= 11 is 5.76. The molecule has 104 valence electrons. The molecule has 19 heavy (non-hydrogen) atoms. The van der Waals surface area contributed by atoms with Crippen LogP contribution in [-0.2, 0) is 11.3 Å². The number of aromatic nitrogens is 1. The van der Waals surface area contributed by atoms with Crippen molar-refractivity contribution in [1.82, 2.24) is 9.88 Å². The molecule has 0 atom stereocenters. The predicted octanol–water partition coefficient (Wildman–Crippen LogP) is 3.63. The van der Waals surface area contributed by atoms with Gasteiger partial charge in [-0.25, -0.2) is 9.78 Å². The van der Waals surface area contributed by atoms with Gasteiger partial charge in [0, 0.05) is 12.2 Å². The molecule has 1 fully saturated rings. The highest BCUT2D eigenvalue weighted by molar-refractivity contribution is 6.29. The van der Waals surface area contributed by atoms with Gasteiger partial charge < -0.3 is 9.64 Å².